The van der Waals surface area contributed by atoms with Crippen LogP contribution in [0.1, 0.15) is 34.3 Å². The number of carbonyl (C=O) groups is 1. The van der Waals surface area contributed by atoms with Gasteiger partial charge in [-0.05, 0) is 50.1 Å². The van der Waals surface area contributed by atoms with Gasteiger partial charge >= 0.3 is 0 Å². The molecule has 0 atom stereocenters. The van der Waals surface area contributed by atoms with Crippen LogP contribution in [0.15, 0.2) is 48.5 Å². The molecular weight excluding hydrogens is 430 g/mol. The average molecular weight is 452 g/mol. The molecular formula is C24H22F2N4O3. The minimum absolute atomic E-state index is 0.129. The molecule has 4 rings (SSSR count). The molecule has 170 valence electrons. The summed E-state index contributed by atoms with van der Waals surface area (Å²) in [5, 5.41) is 7.51. The van der Waals surface area contributed by atoms with E-state index in [1.807, 2.05) is 0 Å². The number of carbonyl (C=O) groups excluding carboxylic acids is 1. The fraction of sp³-hybridized carbons (Fsp3) is 0.208. The van der Waals surface area contributed by atoms with Crippen LogP contribution in [-0.4, -0.2) is 34.7 Å². The first kappa shape index (κ1) is 22.2. The van der Waals surface area contributed by atoms with Crippen LogP contribution in [0.4, 0.5) is 8.78 Å². The third-order valence-corrected chi connectivity index (χ3v) is 5.29. The van der Waals surface area contributed by atoms with Crippen molar-refractivity contribution in [3.63, 3.8) is 0 Å². The molecule has 0 bridgehead atoms. The van der Waals surface area contributed by atoms with Crippen LogP contribution in [0.3, 0.4) is 0 Å². The Morgan fingerprint density at radius 2 is 1.48 bits per heavy atom. The van der Waals surface area contributed by atoms with Crippen LogP contribution in [0, 0.1) is 24.0 Å². The molecule has 0 radical (unpaired) electrons. The molecule has 0 unspecified atom stereocenters. The van der Waals surface area contributed by atoms with E-state index in [0.717, 1.165) is 12.8 Å². The number of amides is 1. The quantitative estimate of drug-likeness (QED) is 0.414. The molecule has 33 heavy (non-hydrogen) atoms. The highest BCUT2D eigenvalue weighted by Crippen LogP contribution is 2.33. The molecule has 9 heteroatoms. The molecule has 1 aromatic heterocycles. The normalized spacial score (nSPS) is 13.1. The third kappa shape index (κ3) is 4.77. The van der Waals surface area contributed by atoms with E-state index in [-0.39, 0.29) is 28.8 Å². The van der Waals surface area contributed by atoms with E-state index in [1.165, 1.54) is 25.1 Å². The van der Waals surface area contributed by atoms with E-state index in [2.05, 4.69) is 4.98 Å². The lowest BCUT2D eigenvalue weighted by molar-refractivity contribution is 0.0792. The van der Waals surface area contributed by atoms with E-state index < -0.39 is 23.4 Å². The molecule has 1 aliphatic rings. The minimum Gasteiger partial charge on any atom is -0.436 e. The molecule has 3 aromatic rings. The van der Waals surface area contributed by atoms with Crippen LogP contribution in [0.2, 0.25) is 0 Å². The van der Waals surface area contributed by atoms with E-state index in [4.69, 9.17) is 20.6 Å². The molecule has 3 N–H and O–H groups in total. The van der Waals surface area contributed by atoms with Crippen LogP contribution >= 0.6 is 0 Å². The second kappa shape index (κ2) is 9.23. The molecule has 0 spiro atoms. The summed E-state index contributed by atoms with van der Waals surface area (Å²) in [4.78, 5) is 18.3. The largest absolute Gasteiger partial charge is 0.436 e. The van der Waals surface area contributed by atoms with E-state index in [9.17, 15) is 13.6 Å². The zero-order chi connectivity index (χ0) is 23.5. The van der Waals surface area contributed by atoms with Gasteiger partial charge in [0.25, 0.3) is 17.7 Å². The molecule has 1 aliphatic heterocycles. The standard InChI is InChI=1S/C24H22F2N4O3/c1-14-19(25)22(32-17-8-4-6-15(12-17)21(27)28)29-23(20(14)26)33-18-9-5-7-16(13-18)24(31)30-10-2-3-11-30/h4-9,12-13H,2-3,10-11H2,1H3,(H3,27,28). The number of pyridine rings is 1. The number of amidine groups is 1. The Hall–Kier alpha value is -4.01. The molecule has 0 aliphatic carbocycles. The van der Waals surface area contributed by atoms with Crippen molar-refractivity contribution in [2.24, 2.45) is 5.73 Å². The summed E-state index contributed by atoms with van der Waals surface area (Å²) in [6.07, 6.45) is 1.92. The van der Waals surface area contributed by atoms with Crippen molar-refractivity contribution in [2.75, 3.05) is 13.1 Å². The lowest BCUT2D eigenvalue weighted by Crippen LogP contribution is -2.27. The highest BCUT2D eigenvalue weighted by Gasteiger charge is 2.23. The minimum atomic E-state index is -0.981. The van der Waals surface area contributed by atoms with Gasteiger partial charge in [0, 0.05) is 29.8 Å². The van der Waals surface area contributed by atoms with Crippen LogP contribution in [0.5, 0.6) is 23.3 Å². The number of aromatic nitrogens is 1. The highest BCUT2D eigenvalue weighted by molar-refractivity contribution is 5.95. The van der Waals surface area contributed by atoms with E-state index in [1.54, 1.807) is 35.2 Å². The predicted molar refractivity (Wildman–Crippen MR) is 118 cm³/mol. The maximum atomic E-state index is 14.7. The number of benzene rings is 2. The zero-order valence-corrected chi connectivity index (χ0v) is 17.9. The fourth-order valence-corrected chi connectivity index (χ4v) is 3.49. The lowest BCUT2D eigenvalue weighted by Gasteiger charge is -2.16. The van der Waals surface area contributed by atoms with Gasteiger partial charge in [-0.3, -0.25) is 10.2 Å². The summed E-state index contributed by atoms with van der Waals surface area (Å²) in [6, 6.07) is 12.5. The van der Waals surface area contributed by atoms with Crippen LogP contribution in [0.25, 0.3) is 0 Å². The Morgan fingerprint density at radius 3 is 2.03 bits per heavy atom. The van der Waals surface area contributed by atoms with Gasteiger partial charge in [-0.2, -0.15) is 4.98 Å². The van der Waals surface area contributed by atoms with Gasteiger partial charge in [-0.25, -0.2) is 8.78 Å². The molecule has 1 fully saturated rings. The van der Waals surface area contributed by atoms with Crippen molar-refractivity contribution >= 4 is 11.7 Å². The number of likely N-dealkylation sites (tertiary alicyclic amines) is 1. The Kier molecular flexibility index (Phi) is 6.21. The number of nitrogens with zero attached hydrogens (tertiary/aromatic N) is 2. The fourth-order valence-electron chi connectivity index (χ4n) is 3.49. The summed E-state index contributed by atoms with van der Waals surface area (Å²) in [5.74, 6) is -2.90. The van der Waals surface area contributed by atoms with Gasteiger partial charge < -0.3 is 20.1 Å². The van der Waals surface area contributed by atoms with Crippen molar-refractivity contribution in [3.8, 4) is 23.3 Å². The van der Waals surface area contributed by atoms with Gasteiger partial charge in [0.05, 0.1) is 0 Å². The number of nitrogen functional groups attached to an aromatic ring is 1. The number of ether oxygens (including phenoxy) is 2. The van der Waals surface area contributed by atoms with Crippen molar-refractivity contribution in [1.82, 2.24) is 9.88 Å². The molecule has 2 aromatic carbocycles. The molecule has 2 heterocycles. The Bertz CT molecular complexity index is 1230. The second-order valence-electron chi connectivity index (χ2n) is 7.65. The topological polar surface area (TPSA) is 102 Å². The first-order valence-corrected chi connectivity index (χ1v) is 10.4. The van der Waals surface area contributed by atoms with Crippen molar-refractivity contribution in [3.05, 3.63) is 76.9 Å². The number of hydrogen-bond acceptors (Lipinski definition) is 5. The van der Waals surface area contributed by atoms with Gasteiger partial charge in [0.2, 0.25) is 0 Å². The number of halogens is 2. The summed E-state index contributed by atoms with van der Waals surface area (Å²) in [7, 11) is 0. The number of hydrogen-bond donors (Lipinski definition) is 2. The summed E-state index contributed by atoms with van der Waals surface area (Å²) in [5.41, 5.74) is 5.93. The van der Waals surface area contributed by atoms with E-state index in [0.29, 0.717) is 24.2 Å². The Balaban J connectivity index is 1.62. The zero-order valence-electron chi connectivity index (χ0n) is 17.9. The van der Waals surface area contributed by atoms with Crippen molar-refractivity contribution in [2.45, 2.75) is 19.8 Å². The maximum Gasteiger partial charge on any atom is 0.259 e. The van der Waals surface area contributed by atoms with E-state index >= 15 is 0 Å². The Morgan fingerprint density at radius 1 is 0.970 bits per heavy atom. The lowest BCUT2D eigenvalue weighted by atomic mass is 10.2. The van der Waals surface area contributed by atoms with Gasteiger partial charge in [-0.15, -0.1) is 0 Å². The van der Waals surface area contributed by atoms with Crippen molar-refractivity contribution < 1.29 is 23.0 Å². The average Bonchev–Trinajstić information content (AvgIpc) is 3.35. The number of rotatable bonds is 6. The third-order valence-electron chi connectivity index (χ3n) is 5.29. The second-order valence-corrected chi connectivity index (χ2v) is 7.65. The summed E-state index contributed by atoms with van der Waals surface area (Å²) in [6.45, 7) is 2.64. The van der Waals surface area contributed by atoms with Gasteiger partial charge in [-0.1, -0.05) is 18.2 Å². The molecule has 7 nitrogen and oxygen atoms in total. The smallest absolute Gasteiger partial charge is 0.259 e. The van der Waals surface area contributed by atoms with Gasteiger partial charge in [0.15, 0.2) is 11.6 Å². The van der Waals surface area contributed by atoms with Gasteiger partial charge in [0.1, 0.15) is 17.3 Å². The summed E-state index contributed by atoms with van der Waals surface area (Å²) >= 11 is 0. The molecule has 1 saturated heterocycles. The molecule has 1 amide bonds. The number of nitrogens with one attached hydrogen (secondary N) is 1. The monoisotopic (exact) mass is 452 g/mol. The predicted octanol–water partition coefficient (Wildman–Crippen LogP) is 4.77. The van der Waals surface area contributed by atoms with Crippen LogP contribution < -0.4 is 15.2 Å². The highest BCUT2D eigenvalue weighted by atomic mass is 19.1. The maximum absolute atomic E-state index is 14.7. The summed E-state index contributed by atoms with van der Waals surface area (Å²) < 4.78 is 40.5. The SMILES string of the molecule is Cc1c(F)c(Oc2cccc(C(=N)N)c2)nc(Oc2cccc(C(=O)N3CCCC3)c2)c1F. The molecule has 0 saturated carbocycles. The number of nitrogens with two attached hydrogens (primary N) is 1. The van der Waals surface area contributed by atoms with Crippen molar-refractivity contribution in [1.29, 1.82) is 5.41 Å². The first-order valence-electron chi connectivity index (χ1n) is 10.4. The first-order chi connectivity index (χ1) is 15.8. The Labute approximate surface area is 189 Å². The van der Waals surface area contributed by atoms with Crippen LogP contribution in [-0.2, 0) is 0 Å².